The van der Waals surface area contributed by atoms with Crippen LogP contribution in [0.2, 0.25) is 0 Å². The van der Waals surface area contributed by atoms with Gasteiger partial charge < -0.3 is 2.85 Å². The Hall–Kier alpha value is -0.0138. The molecule has 0 radical (unpaired) electrons. The molecular weight excluding hydrogens is 180 g/mol. The van der Waals surface area contributed by atoms with Crippen molar-refractivity contribution in [1.29, 1.82) is 0 Å². The van der Waals surface area contributed by atoms with Gasteiger partial charge in [0.1, 0.15) is 0 Å². The molecule has 0 N–H and O–H groups in total. The van der Waals surface area contributed by atoms with Crippen molar-refractivity contribution in [3.63, 3.8) is 0 Å². The molecule has 1 aromatic carbocycles. The van der Waals surface area contributed by atoms with Gasteiger partial charge in [0.15, 0.2) is 0 Å². The molecule has 1 aromatic rings. The number of aryl methyl sites for hydroxylation is 1. The number of hydrogen-bond acceptors (Lipinski definition) is 0. The molecule has 1 heteroatoms. The van der Waals surface area contributed by atoms with Gasteiger partial charge in [-0.2, -0.15) is 0 Å². The summed E-state index contributed by atoms with van der Waals surface area (Å²) in [4.78, 5) is 0. The smallest absolute Gasteiger partial charge is 1.00 e. The average Bonchev–Trinajstić information content (AvgIpc) is 2.19. The van der Waals surface area contributed by atoms with Crippen molar-refractivity contribution in [3.05, 3.63) is 35.9 Å². The molecule has 0 fully saturated rings. The Bertz CT molecular complexity index is 214. The molecule has 0 aliphatic carbocycles. The van der Waals surface area contributed by atoms with E-state index in [9.17, 15) is 0 Å². The molecule has 76 valence electrons. The number of benzene rings is 1. The van der Waals surface area contributed by atoms with Gasteiger partial charge in [0.25, 0.3) is 0 Å². The van der Waals surface area contributed by atoms with Crippen LogP contribution >= 0.6 is 0 Å². The van der Waals surface area contributed by atoms with E-state index in [4.69, 9.17) is 0 Å². The Morgan fingerprint density at radius 3 is 2.21 bits per heavy atom. The Morgan fingerprint density at radius 2 is 1.57 bits per heavy atom. The Kier molecular flexibility index (Phi) is 9.53. The van der Waals surface area contributed by atoms with Crippen LogP contribution < -0.4 is 0 Å². The summed E-state index contributed by atoms with van der Waals surface area (Å²) in [6, 6.07) is 10.8. The van der Waals surface area contributed by atoms with Gasteiger partial charge in [-0.05, 0) is 18.4 Å². The maximum atomic E-state index is 2.26. The second-order valence-corrected chi connectivity index (χ2v) is 3.65. The van der Waals surface area contributed by atoms with Crippen LogP contribution in [0.25, 0.3) is 0 Å². The maximum absolute atomic E-state index is 2.26. The van der Waals surface area contributed by atoms with E-state index in [1.807, 2.05) is 0 Å². The Morgan fingerprint density at radius 1 is 0.929 bits per heavy atom. The van der Waals surface area contributed by atoms with Crippen molar-refractivity contribution >= 4 is 23.1 Å². The van der Waals surface area contributed by atoms with E-state index >= 15 is 0 Å². The van der Waals surface area contributed by atoms with Crippen LogP contribution in [0.1, 0.15) is 47.4 Å². The molecule has 0 saturated heterocycles. The van der Waals surface area contributed by atoms with E-state index in [1.165, 1.54) is 44.1 Å². The zero-order valence-electron chi connectivity index (χ0n) is 11.3. The van der Waals surface area contributed by atoms with Gasteiger partial charge in [-0.25, -0.2) is 0 Å². The van der Waals surface area contributed by atoms with Crippen molar-refractivity contribution in [3.8, 4) is 0 Å². The minimum Gasteiger partial charge on any atom is -1.00 e. The summed E-state index contributed by atoms with van der Waals surface area (Å²) >= 11 is 0. The van der Waals surface area contributed by atoms with Crippen molar-refractivity contribution in [2.24, 2.45) is 0 Å². The molecule has 0 aliphatic heterocycles. The van der Waals surface area contributed by atoms with Crippen LogP contribution in [0.5, 0.6) is 0 Å². The van der Waals surface area contributed by atoms with Gasteiger partial charge in [0, 0.05) is 0 Å². The van der Waals surface area contributed by atoms with Gasteiger partial charge >= 0.3 is 23.1 Å². The SMILES string of the molecule is CCCCCCCc1ccccc1.[H-].[H-].[Mg+2]. The minimum atomic E-state index is 0. The molecule has 0 unspecified atom stereocenters. The van der Waals surface area contributed by atoms with Gasteiger partial charge in [0.2, 0.25) is 0 Å². The van der Waals surface area contributed by atoms with Crippen LogP contribution in [0.3, 0.4) is 0 Å². The van der Waals surface area contributed by atoms with Crippen molar-refractivity contribution in [2.45, 2.75) is 45.4 Å². The molecule has 0 nitrogen and oxygen atoms in total. The zero-order valence-corrected chi connectivity index (χ0v) is 10.8. The van der Waals surface area contributed by atoms with Crippen molar-refractivity contribution in [2.75, 3.05) is 0 Å². The predicted octanol–water partition coefficient (Wildman–Crippen LogP) is 4.04. The van der Waals surface area contributed by atoms with Crippen LogP contribution in [0.15, 0.2) is 30.3 Å². The molecule has 1 rings (SSSR count). The first kappa shape index (κ1) is 14.0. The molecular formula is C13H22Mg. The summed E-state index contributed by atoms with van der Waals surface area (Å²) in [6.07, 6.45) is 8.14. The monoisotopic (exact) mass is 202 g/mol. The number of rotatable bonds is 6. The molecule has 0 heterocycles. The molecule has 0 spiro atoms. The summed E-state index contributed by atoms with van der Waals surface area (Å²) < 4.78 is 0. The predicted molar refractivity (Wildman–Crippen MR) is 66.9 cm³/mol. The molecule has 0 amide bonds. The van der Waals surface area contributed by atoms with E-state index in [2.05, 4.69) is 37.3 Å². The van der Waals surface area contributed by atoms with E-state index in [-0.39, 0.29) is 25.9 Å². The quantitative estimate of drug-likeness (QED) is 0.482. The minimum absolute atomic E-state index is 0. The summed E-state index contributed by atoms with van der Waals surface area (Å²) in [7, 11) is 0. The summed E-state index contributed by atoms with van der Waals surface area (Å²) in [6.45, 7) is 2.26. The topological polar surface area (TPSA) is 0 Å². The largest absolute Gasteiger partial charge is 2.00 e. The van der Waals surface area contributed by atoms with Gasteiger partial charge in [-0.1, -0.05) is 62.9 Å². The maximum Gasteiger partial charge on any atom is 2.00 e. The molecule has 0 aliphatic rings. The Labute approximate surface area is 107 Å². The third-order valence-corrected chi connectivity index (χ3v) is 2.41. The zero-order chi connectivity index (χ0) is 9.36. The van der Waals surface area contributed by atoms with E-state index in [0.717, 1.165) is 0 Å². The second-order valence-electron chi connectivity index (χ2n) is 3.65. The van der Waals surface area contributed by atoms with Gasteiger partial charge in [-0.15, -0.1) is 0 Å². The standard InChI is InChI=1S/C13H20.Mg.2H/c1-2-3-4-5-7-10-13-11-8-6-9-12-13;;;/h6,8-9,11-12H,2-5,7,10H2,1H3;;;/q;+2;2*-1. The summed E-state index contributed by atoms with van der Waals surface area (Å²) in [5, 5.41) is 0. The molecule has 0 atom stereocenters. The first-order valence-corrected chi connectivity index (χ1v) is 5.47. The second kappa shape index (κ2) is 9.54. The first-order valence-electron chi connectivity index (χ1n) is 5.47. The molecule has 0 saturated carbocycles. The third-order valence-electron chi connectivity index (χ3n) is 2.41. The molecule has 0 aromatic heterocycles. The van der Waals surface area contributed by atoms with Crippen LogP contribution in [0, 0.1) is 0 Å². The fraction of sp³-hybridized carbons (Fsp3) is 0.538. The fourth-order valence-corrected chi connectivity index (χ4v) is 1.58. The van der Waals surface area contributed by atoms with Crippen molar-refractivity contribution < 1.29 is 2.85 Å². The third kappa shape index (κ3) is 6.44. The van der Waals surface area contributed by atoms with Crippen LogP contribution in [0.4, 0.5) is 0 Å². The number of unbranched alkanes of at least 4 members (excludes halogenated alkanes) is 4. The van der Waals surface area contributed by atoms with Crippen LogP contribution in [-0.4, -0.2) is 23.1 Å². The summed E-state index contributed by atoms with van der Waals surface area (Å²) in [5.41, 5.74) is 1.49. The van der Waals surface area contributed by atoms with Crippen molar-refractivity contribution in [1.82, 2.24) is 0 Å². The van der Waals surface area contributed by atoms with Gasteiger partial charge in [0.05, 0.1) is 0 Å². The fourth-order valence-electron chi connectivity index (χ4n) is 1.58. The Balaban J connectivity index is -0.000000563. The molecule has 14 heavy (non-hydrogen) atoms. The molecule has 0 bridgehead atoms. The average molecular weight is 203 g/mol. The number of hydrogen-bond donors (Lipinski definition) is 0. The van der Waals surface area contributed by atoms with E-state index < -0.39 is 0 Å². The summed E-state index contributed by atoms with van der Waals surface area (Å²) in [5.74, 6) is 0. The first-order chi connectivity index (χ1) is 6.43. The van der Waals surface area contributed by atoms with Crippen LogP contribution in [-0.2, 0) is 6.42 Å². The van der Waals surface area contributed by atoms with E-state index in [0.29, 0.717) is 0 Å². The van der Waals surface area contributed by atoms with E-state index in [1.54, 1.807) is 0 Å². The van der Waals surface area contributed by atoms with Gasteiger partial charge in [-0.3, -0.25) is 0 Å². The normalized spacial score (nSPS) is 9.50.